The van der Waals surface area contributed by atoms with E-state index in [-0.39, 0.29) is 23.6 Å². The van der Waals surface area contributed by atoms with E-state index in [1.165, 1.54) is 0 Å². The maximum Gasteiger partial charge on any atom is 0.336 e. The van der Waals surface area contributed by atoms with Gasteiger partial charge in [-0.05, 0) is 64.9 Å². The van der Waals surface area contributed by atoms with Crippen LogP contribution in [-0.4, -0.2) is 35.8 Å². The van der Waals surface area contributed by atoms with Crippen molar-refractivity contribution < 1.29 is 24.2 Å². The Morgan fingerprint density at radius 2 is 1.89 bits per heavy atom. The molecule has 2 aromatic carbocycles. The van der Waals surface area contributed by atoms with E-state index < -0.39 is 17.8 Å². The summed E-state index contributed by atoms with van der Waals surface area (Å²) in [5.41, 5.74) is 3.31. The first-order valence-corrected chi connectivity index (χ1v) is 13.1. The van der Waals surface area contributed by atoms with Gasteiger partial charge < -0.3 is 14.6 Å². The predicted molar refractivity (Wildman–Crippen MR) is 142 cm³/mol. The quantitative estimate of drug-likeness (QED) is 0.415. The third-order valence-electron chi connectivity index (χ3n) is 6.76. The van der Waals surface area contributed by atoms with Gasteiger partial charge in [-0.1, -0.05) is 44.2 Å². The molecule has 2 atom stereocenters. The van der Waals surface area contributed by atoms with Gasteiger partial charge in [0.2, 0.25) is 0 Å². The Balaban J connectivity index is 1.74. The van der Waals surface area contributed by atoms with Gasteiger partial charge >= 0.3 is 5.97 Å². The van der Waals surface area contributed by atoms with Gasteiger partial charge in [-0.3, -0.25) is 9.79 Å². The topological polar surface area (TPSA) is 85.2 Å². The highest BCUT2D eigenvalue weighted by Crippen LogP contribution is 2.49. The number of rotatable bonds is 7. The fourth-order valence-electron chi connectivity index (χ4n) is 5.24. The Morgan fingerprint density at radius 3 is 2.58 bits per heavy atom. The van der Waals surface area contributed by atoms with Gasteiger partial charge in [0.25, 0.3) is 0 Å². The van der Waals surface area contributed by atoms with Gasteiger partial charge in [-0.15, -0.1) is 0 Å². The van der Waals surface area contributed by atoms with E-state index in [4.69, 9.17) is 14.5 Å². The van der Waals surface area contributed by atoms with Crippen molar-refractivity contribution in [3.8, 4) is 11.5 Å². The summed E-state index contributed by atoms with van der Waals surface area (Å²) in [4.78, 5) is 31.8. The summed E-state index contributed by atoms with van der Waals surface area (Å²) in [6.45, 7) is 8.34. The van der Waals surface area contributed by atoms with Crippen molar-refractivity contribution in [2.75, 3.05) is 13.2 Å². The summed E-state index contributed by atoms with van der Waals surface area (Å²) in [6.07, 6.45) is 1.67. The summed E-state index contributed by atoms with van der Waals surface area (Å²) in [7, 11) is 0. The molecule has 1 fully saturated rings. The molecule has 0 bridgehead atoms. The van der Waals surface area contributed by atoms with E-state index >= 15 is 0 Å². The van der Waals surface area contributed by atoms with E-state index in [1.54, 1.807) is 19.1 Å². The number of phenolic OH excluding ortho intramolecular Hbond substituents is 1. The van der Waals surface area contributed by atoms with Crippen molar-refractivity contribution in [3.05, 3.63) is 69.3 Å². The average molecular weight is 554 g/mol. The number of phenols is 1. The van der Waals surface area contributed by atoms with Gasteiger partial charge in [0.15, 0.2) is 11.5 Å². The number of hydrogen-bond donors (Lipinski definition) is 1. The number of aliphatic imine (C=N–C) groups is 1. The van der Waals surface area contributed by atoms with Gasteiger partial charge in [-0.2, -0.15) is 0 Å². The Hall–Kier alpha value is -2.93. The lowest BCUT2D eigenvalue weighted by Gasteiger charge is -2.41. The zero-order valence-electron chi connectivity index (χ0n) is 21.1. The monoisotopic (exact) mass is 553 g/mol. The molecule has 1 N–H and O–H groups in total. The number of ether oxygens (including phenoxy) is 2. The maximum atomic E-state index is 13.5. The molecule has 0 amide bonds. The number of esters is 1. The molecule has 1 aliphatic carbocycles. The van der Waals surface area contributed by atoms with Crippen LogP contribution in [0.2, 0.25) is 0 Å². The van der Waals surface area contributed by atoms with Crippen molar-refractivity contribution in [1.29, 1.82) is 0 Å². The minimum atomic E-state index is -0.582. The molecule has 1 unspecified atom stereocenters. The van der Waals surface area contributed by atoms with Crippen LogP contribution in [-0.2, 0) is 20.7 Å². The first kappa shape index (κ1) is 26.1. The highest BCUT2D eigenvalue weighted by atomic mass is 79.9. The fraction of sp³-hybridized carbons (Fsp3) is 0.414. The molecule has 7 heteroatoms. The zero-order chi connectivity index (χ0) is 26.0. The largest absolute Gasteiger partial charge is 0.503 e. The molecule has 190 valence electrons. The minimum Gasteiger partial charge on any atom is -0.503 e. The lowest BCUT2D eigenvalue weighted by atomic mass is 9.63. The molecule has 0 aromatic heterocycles. The van der Waals surface area contributed by atoms with E-state index in [0.717, 1.165) is 11.3 Å². The lowest BCUT2D eigenvalue weighted by Crippen LogP contribution is -2.44. The second kappa shape index (κ2) is 10.6. The van der Waals surface area contributed by atoms with Crippen LogP contribution in [0, 0.1) is 11.3 Å². The molecule has 6 nitrogen and oxygen atoms in total. The van der Waals surface area contributed by atoms with E-state index in [9.17, 15) is 14.7 Å². The van der Waals surface area contributed by atoms with E-state index in [2.05, 4.69) is 29.8 Å². The Kier molecular flexibility index (Phi) is 7.69. The summed E-state index contributed by atoms with van der Waals surface area (Å²) in [5.74, 6) is -1.29. The van der Waals surface area contributed by atoms with Crippen LogP contribution in [0.25, 0.3) is 0 Å². The van der Waals surface area contributed by atoms with Gasteiger partial charge in [0.1, 0.15) is 5.78 Å². The number of allylic oxidation sites excluding steroid dienone is 1. The predicted octanol–water partition coefficient (Wildman–Crippen LogP) is 6.16. The SMILES string of the molecule is CCOc1cc([C@@H]2C(C(=O)OCCc3ccccc3)=C(C)N=C3CC(C)(C)CC(=O)C32)cc(Br)c1O. The standard InChI is InChI=1S/C29H32BrNO5/c1-5-35-23-14-19(13-20(30)27(23)33)25-24(28(34)36-12-11-18-9-7-6-8-10-18)17(2)31-21-15-29(3,4)16-22(32)26(21)25/h6-10,13-14,25-26,33H,5,11-12,15-16H2,1-4H3/t25-,26?/m1/s1. The molecule has 1 aliphatic heterocycles. The number of fused-ring (bicyclic) bond motifs is 1. The molecule has 0 spiro atoms. The molecule has 1 saturated carbocycles. The van der Waals surface area contributed by atoms with Gasteiger partial charge in [0, 0.05) is 30.2 Å². The fourth-order valence-corrected chi connectivity index (χ4v) is 5.70. The number of benzene rings is 2. The summed E-state index contributed by atoms with van der Waals surface area (Å²) >= 11 is 3.42. The Morgan fingerprint density at radius 1 is 1.17 bits per heavy atom. The number of halogens is 1. The van der Waals surface area contributed by atoms with Crippen molar-refractivity contribution >= 4 is 33.4 Å². The Bertz CT molecular complexity index is 1230. The zero-order valence-corrected chi connectivity index (χ0v) is 22.7. The summed E-state index contributed by atoms with van der Waals surface area (Å²) in [6, 6.07) is 13.3. The van der Waals surface area contributed by atoms with Crippen LogP contribution < -0.4 is 4.74 Å². The van der Waals surface area contributed by atoms with Crippen LogP contribution in [0.4, 0.5) is 0 Å². The molecule has 4 rings (SSSR count). The van der Waals surface area contributed by atoms with Crippen LogP contribution in [0.3, 0.4) is 0 Å². The van der Waals surface area contributed by atoms with Crippen molar-refractivity contribution in [2.45, 2.75) is 52.9 Å². The number of carbonyl (C=O) groups excluding carboxylic acids is 2. The number of ketones is 1. The third kappa shape index (κ3) is 5.41. The van der Waals surface area contributed by atoms with Gasteiger partial charge in [0.05, 0.1) is 29.2 Å². The molecule has 0 radical (unpaired) electrons. The summed E-state index contributed by atoms with van der Waals surface area (Å²) < 4.78 is 11.8. The van der Waals surface area contributed by atoms with Gasteiger partial charge in [-0.25, -0.2) is 4.79 Å². The number of nitrogens with zero attached hydrogens (tertiary/aromatic N) is 1. The van der Waals surface area contributed by atoms with Crippen molar-refractivity contribution in [1.82, 2.24) is 0 Å². The van der Waals surface area contributed by atoms with Crippen LogP contribution in [0.1, 0.15) is 57.6 Å². The number of aromatic hydroxyl groups is 1. The maximum absolute atomic E-state index is 13.5. The lowest BCUT2D eigenvalue weighted by molar-refractivity contribution is -0.139. The summed E-state index contributed by atoms with van der Waals surface area (Å²) in [5, 5.41) is 10.5. The van der Waals surface area contributed by atoms with Crippen LogP contribution in [0.15, 0.2) is 63.2 Å². The smallest absolute Gasteiger partial charge is 0.336 e. The highest BCUT2D eigenvalue weighted by molar-refractivity contribution is 9.10. The number of Topliss-reactive ketones (excluding diaryl/α,β-unsaturated/α-hetero) is 1. The van der Waals surface area contributed by atoms with Crippen LogP contribution >= 0.6 is 15.9 Å². The van der Waals surface area contributed by atoms with Crippen LogP contribution in [0.5, 0.6) is 11.5 Å². The normalized spacial score (nSPS) is 21.0. The minimum absolute atomic E-state index is 0.0194. The third-order valence-corrected chi connectivity index (χ3v) is 7.36. The first-order valence-electron chi connectivity index (χ1n) is 12.3. The number of hydrogen-bond acceptors (Lipinski definition) is 6. The first-order chi connectivity index (χ1) is 17.1. The molecule has 36 heavy (non-hydrogen) atoms. The second-order valence-corrected chi connectivity index (χ2v) is 11.0. The van der Waals surface area contributed by atoms with E-state index in [1.807, 2.05) is 37.3 Å². The molecule has 1 heterocycles. The highest BCUT2D eigenvalue weighted by Gasteiger charge is 2.48. The van der Waals surface area contributed by atoms with Crippen molar-refractivity contribution in [2.24, 2.45) is 16.3 Å². The number of carbonyl (C=O) groups is 2. The molecular weight excluding hydrogens is 522 g/mol. The van der Waals surface area contributed by atoms with E-state index in [0.29, 0.717) is 52.9 Å². The average Bonchev–Trinajstić information content (AvgIpc) is 2.81. The second-order valence-electron chi connectivity index (χ2n) is 10.2. The Labute approximate surface area is 220 Å². The molecule has 2 aliphatic rings. The molecule has 2 aromatic rings. The molecule has 0 saturated heterocycles. The molecular formula is C29H32BrNO5. The van der Waals surface area contributed by atoms with Crippen molar-refractivity contribution in [3.63, 3.8) is 0 Å².